The van der Waals surface area contributed by atoms with Crippen molar-refractivity contribution in [3.63, 3.8) is 0 Å². The number of nitrogens with zero attached hydrogens (tertiary/aromatic N) is 2. The van der Waals surface area contributed by atoms with Crippen LogP contribution in [0, 0.1) is 0 Å². The molecule has 0 unspecified atom stereocenters. The molecule has 25 heavy (non-hydrogen) atoms. The molecule has 0 fully saturated rings. The summed E-state index contributed by atoms with van der Waals surface area (Å²) in [7, 11) is 0. The normalized spacial score (nSPS) is 10.7. The molecule has 0 aromatic carbocycles. The van der Waals surface area contributed by atoms with Gasteiger partial charge in [-0.3, -0.25) is 9.78 Å². The Morgan fingerprint density at radius 3 is 2.84 bits per heavy atom. The van der Waals surface area contributed by atoms with Crippen LogP contribution in [-0.2, 0) is 6.54 Å². The van der Waals surface area contributed by atoms with Crippen LogP contribution in [0.5, 0.6) is 0 Å². The molecule has 0 radical (unpaired) electrons. The topological polar surface area (TPSA) is 68.0 Å². The third-order valence-electron chi connectivity index (χ3n) is 3.57. The molecular weight excluding hydrogens is 354 g/mol. The lowest BCUT2D eigenvalue weighted by molar-refractivity contribution is 0.0950. The lowest BCUT2D eigenvalue weighted by Crippen LogP contribution is -2.22. The maximum absolute atomic E-state index is 12.3. The van der Waals surface area contributed by atoms with Crippen LogP contribution in [0.15, 0.2) is 64.2 Å². The zero-order chi connectivity index (χ0) is 17.1. The van der Waals surface area contributed by atoms with Gasteiger partial charge in [-0.25, -0.2) is 4.98 Å². The lowest BCUT2D eigenvalue weighted by atomic mass is 10.2. The summed E-state index contributed by atoms with van der Waals surface area (Å²) in [5.41, 5.74) is 3.54. The SMILES string of the molecule is O=C(NCc1ccc(-c2ccoc2)nc1)c1nc(-c2cccs2)cs1. The van der Waals surface area contributed by atoms with Crippen molar-refractivity contribution in [3.05, 3.63) is 70.4 Å². The summed E-state index contributed by atoms with van der Waals surface area (Å²) < 4.78 is 5.05. The number of thiazole rings is 1. The fourth-order valence-corrected chi connectivity index (χ4v) is 3.78. The van der Waals surface area contributed by atoms with Crippen molar-refractivity contribution in [1.82, 2.24) is 15.3 Å². The van der Waals surface area contributed by atoms with Gasteiger partial charge in [0.1, 0.15) is 0 Å². The summed E-state index contributed by atoms with van der Waals surface area (Å²) in [6.07, 6.45) is 5.02. The van der Waals surface area contributed by atoms with Gasteiger partial charge in [0.15, 0.2) is 5.01 Å². The molecule has 7 heteroatoms. The van der Waals surface area contributed by atoms with Crippen LogP contribution in [0.4, 0.5) is 0 Å². The molecule has 4 heterocycles. The Morgan fingerprint density at radius 2 is 2.12 bits per heavy atom. The Balaban J connectivity index is 1.39. The molecule has 0 bridgehead atoms. The van der Waals surface area contributed by atoms with E-state index in [1.54, 1.807) is 30.1 Å². The van der Waals surface area contributed by atoms with Gasteiger partial charge in [0.2, 0.25) is 0 Å². The minimum atomic E-state index is -0.174. The van der Waals surface area contributed by atoms with E-state index in [2.05, 4.69) is 15.3 Å². The maximum atomic E-state index is 12.3. The third kappa shape index (κ3) is 3.52. The van der Waals surface area contributed by atoms with Crippen molar-refractivity contribution in [3.8, 4) is 21.8 Å². The molecule has 0 saturated carbocycles. The highest BCUT2D eigenvalue weighted by Crippen LogP contribution is 2.26. The van der Waals surface area contributed by atoms with Gasteiger partial charge in [0.25, 0.3) is 5.91 Å². The molecule has 0 aliphatic carbocycles. The predicted molar refractivity (Wildman–Crippen MR) is 98.5 cm³/mol. The average molecular weight is 367 g/mol. The van der Waals surface area contributed by atoms with E-state index >= 15 is 0 Å². The number of nitrogens with one attached hydrogen (secondary N) is 1. The molecule has 4 aromatic rings. The lowest BCUT2D eigenvalue weighted by Gasteiger charge is -2.04. The van der Waals surface area contributed by atoms with Crippen LogP contribution < -0.4 is 5.32 Å². The van der Waals surface area contributed by atoms with Gasteiger partial charge in [-0.1, -0.05) is 12.1 Å². The smallest absolute Gasteiger partial charge is 0.280 e. The molecule has 0 aliphatic heterocycles. The summed E-state index contributed by atoms with van der Waals surface area (Å²) >= 11 is 2.96. The van der Waals surface area contributed by atoms with Gasteiger partial charge >= 0.3 is 0 Å². The number of hydrogen-bond acceptors (Lipinski definition) is 6. The minimum Gasteiger partial charge on any atom is -0.472 e. The summed E-state index contributed by atoms with van der Waals surface area (Å²) in [6, 6.07) is 9.67. The molecule has 1 N–H and O–H groups in total. The monoisotopic (exact) mass is 367 g/mol. The van der Waals surface area contributed by atoms with E-state index < -0.39 is 0 Å². The van der Waals surface area contributed by atoms with Crippen LogP contribution in [0.2, 0.25) is 0 Å². The van der Waals surface area contributed by atoms with E-state index in [9.17, 15) is 4.79 Å². The van der Waals surface area contributed by atoms with E-state index in [-0.39, 0.29) is 5.91 Å². The number of furan rings is 1. The first-order chi connectivity index (χ1) is 12.3. The van der Waals surface area contributed by atoms with E-state index in [4.69, 9.17) is 4.42 Å². The van der Waals surface area contributed by atoms with Crippen molar-refractivity contribution in [2.45, 2.75) is 6.54 Å². The molecule has 1 amide bonds. The first kappa shape index (κ1) is 15.7. The third-order valence-corrected chi connectivity index (χ3v) is 5.30. The van der Waals surface area contributed by atoms with Crippen LogP contribution in [-0.4, -0.2) is 15.9 Å². The summed E-state index contributed by atoms with van der Waals surface area (Å²) in [5.74, 6) is -0.174. The quantitative estimate of drug-likeness (QED) is 0.566. The fraction of sp³-hybridized carbons (Fsp3) is 0.0556. The van der Waals surface area contributed by atoms with Crippen LogP contribution >= 0.6 is 22.7 Å². The summed E-state index contributed by atoms with van der Waals surface area (Å²) in [6.45, 7) is 0.408. The molecule has 0 atom stereocenters. The predicted octanol–water partition coefficient (Wildman–Crippen LogP) is 4.46. The van der Waals surface area contributed by atoms with Gasteiger partial charge in [-0.2, -0.15) is 0 Å². The van der Waals surface area contributed by atoms with Gasteiger partial charge in [-0.05, 0) is 29.1 Å². The Kier molecular flexibility index (Phi) is 4.41. The Morgan fingerprint density at radius 1 is 1.16 bits per heavy atom. The number of rotatable bonds is 5. The molecule has 0 aliphatic rings. The van der Waals surface area contributed by atoms with Crippen LogP contribution in [0.3, 0.4) is 0 Å². The van der Waals surface area contributed by atoms with Crippen molar-refractivity contribution in [2.75, 3.05) is 0 Å². The van der Waals surface area contributed by atoms with Gasteiger partial charge in [0, 0.05) is 23.7 Å². The largest absolute Gasteiger partial charge is 0.472 e. The van der Waals surface area contributed by atoms with E-state index in [0.29, 0.717) is 11.6 Å². The van der Waals surface area contributed by atoms with E-state index in [0.717, 1.165) is 27.4 Å². The number of thiophene rings is 1. The van der Waals surface area contributed by atoms with E-state index in [1.807, 2.05) is 41.1 Å². The Hall–Kier alpha value is -2.77. The second kappa shape index (κ2) is 7.00. The van der Waals surface area contributed by atoms with Gasteiger partial charge in [0.05, 0.1) is 28.8 Å². The highest BCUT2D eigenvalue weighted by atomic mass is 32.1. The van der Waals surface area contributed by atoms with Crippen molar-refractivity contribution < 1.29 is 9.21 Å². The fourth-order valence-electron chi connectivity index (χ4n) is 2.28. The second-order valence-electron chi connectivity index (χ2n) is 5.26. The number of carbonyl (C=O) groups is 1. The standard InChI is InChI=1S/C18H13N3O2S2/c22-17(18-21-15(11-25-18)16-2-1-7-24-16)20-9-12-3-4-14(19-8-12)13-5-6-23-10-13/h1-8,10-11H,9H2,(H,20,22). The van der Waals surface area contributed by atoms with Crippen molar-refractivity contribution in [1.29, 1.82) is 0 Å². The number of hydrogen-bond donors (Lipinski definition) is 1. The molecule has 4 rings (SSSR count). The number of amides is 1. The number of carbonyl (C=O) groups excluding carboxylic acids is 1. The van der Waals surface area contributed by atoms with Gasteiger partial charge in [-0.15, -0.1) is 22.7 Å². The molecule has 0 spiro atoms. The molecule has 4 aromatic heterocycles. The number of aromatic nitrogens is 2. The van der Waals surface area contributed by atoms with Crippen LogP contribution in [0.1, 0.15) is 15.4 Å². The average Bonchev–Trinajstić information content (AvgIpc) is 3.42. The first-order valence-corrected chi connectivity index (χ1v) is 9.30. The minimum absolute atomic E-state index is 0.174. The van der Waals surface area contributed by atoms with E-state index in [1.165, 1.54) is 11.3 Å². The molecular formula is C18H13N3O2S2. The highest BCUT2D eigenvalue weighted by Gasteiger charge is 2.12. The van der Waals surface area contributed by atoms with Crippen molar-refractivity contribution >= 4 is 28.6 Å². The summed E-state index contributed by atoms with van der Waals surface area (Å²) in [5, 5.41) is 7.25. The molecule has 124 valence electrons. The Labute approximate surface area is 152 Å². The Bertz CT molecular complexity index is 958. The van der Waals surface area contributed by atoms with Crippen molar-refractivity contribution in [2.24, 2.45) is 0 Å². The zero-order valence-electron chi connectivity index (χ0n) is 13.0. The zero-order valence-corrected chi connectivity index (χ0v) is 14.6. The molecule has 5 nitrogen and oxygen atoms in total. The number of pyridine rings is 1. The van der Waals surface area contributed by atoms with Crippen LogP contribution in [0.25, 0.3) is 21.8 Å². The highest BCUT2D eigenvalue weighted by molar-refractivity contribution is 7.15. The first-order valence-electron chi connectivity index (χ1n) is 7.55. The summed E-state index contributed by atoms with van der Waals surface area (Å²) in [4.78, 5) is 22.1. The second-order valence-corrected chi connectivity index (χ2v) is 7.07. The molecule has 0 saturated heterocycles. The maximum Gasteiger partial charge on any atom is 0.280 e. The van der Waals surface area contributed by atoms with Gasteiger partial charge < -0.3 is 9.73 Å².